The van der Waals surface area contributed by atoms with Crippen LogP contribution in [0.1, 0.15) is 19.3 Å². The summed E-state index contributed by atoms with van der Waals surface area (Å²) in [6, 6.07) is 8.36. The van der Waals surface area contributed by atoms with E-state index in [1.54, 1.807) is 31.3 Å². The van der Waals surface area contributed by atoms with Gasteiger partial charge in [-0.1, -0.05) is 6.07 Å². The van der Waals surface area contributed by atoms with Crippen molar-refractivity contribution in [2.24, 2.45) is 7.05 Å². The van der Waals surface area contributed by atoms with Gasteiger partial charge in [0.25, 0.3) is 0 Å². The minimum atomic E-state index is -1.06. The lowest BCUT2D eigenvalue weighted by atomic mass is 9.98. The third-order valence-corrected chi connectivity index (χ3v) is 6.42. The predicted octanol–water partition coefficient (Wildman–Crippen LogP) is 1.96. The summed E-state index contributed by atoms with van der Waals surface area (Å²) in [6.07, 6.45) is 2.25. The van der Waals surface area contributed by atoms with E-state index in [0.717, 1.165) is 12.8 Å². The zero-order chi connectivity index (χ0) is 22.4. The fourth-order valence-electron chi connectivity index (χ4n) is 4.57. The Morgan fingerprint density at radius 1 is 1.16 bits per heavy atom. The van der Waals surface area contributed by atoms with Crippen LogP contribution < -0.4 is 10.4 Å². The van der Waals surface area contributed by atoms with Gasteiger partial charge in [0, 0.05) is 42.7 Å². The molecule has 2 aliphatic rings. The molecule has 1 aromatic carbocycles. The maximum absolute atomic E-state index is 14.8. The molecular formula is C22H23FN6O3. The predicted molar refractivity (Wildman–Crippen MR) is 114 cm³/mol. The van der Waals surface area contributed by atoms with Crippen molar-refractivity contribution >= 4 is 0 Å². The van der Waals surface area contributed by atoms with E-state index in [0.29, 0.717) is 29.3 Å². The Hall–Kier alpha value is -3.40. The van der Waals surface area contributed by atoms with E-state index < -0.39 is 18.0 Å². The van der Waals surface area contributed by atoms with Crippen LogP contribution in [0.5, 0.6) is 11.6 Å². The lowest BCUT2D eigenvalue weighted by molar-refractivity contribution is -0.0134. The standard InChI is InChI=1S/C22H23FN6O3/c1-28-11-24-21(25-22(28)31)12-3-5-14(17(30)9-12)15-6-8-19(27-26-15)32-18-10-13-4-7-16(20(18)23)29(13)2/h3,5-6,8-9,11,13,16,18,20,30H,4,7,10H2,1-2H3/t13-,16+,18-,20+/m0/s1. The maximum Gasteiger partial charge on any atom is 0.350 e. The summed E-state index contributed by atoms with van der Waals surface area (Å²) in [4.78, 5) is 21.8. The monoisotopic (exact) mass is 438 g/mol. The van der Waals surface area contributed by atoms with Gasteiger partial charge < -0.3 is 9.84 Å². The van der Waals surface area contributed by atoms with Gasteiger partial charge in [-0.2, -0.15) is 4.98 Å². The van der Waals surface area contributed by atoms with Gasteiger partial charge >= 0.3 is 5.69 Å². The van der Waals surface area contributed by atoms with Crippen LogP contribution in [0.3, 0.4) is 0 Å². The quantitative estimate of drug-likeness (QED) is 0.659. The molecule has 9 nitrogen and oxygen atoms in total. The van der Waals surface area contributed by atoms with E-state index in [9.17, 15) is 14.3 Å². The maximum atomic E-state index is 14.8. The van der Waals surface area contributed by atoms with Gasteiger partial charge in [0.1, 0.15) is 18.2 Å². The average Bonchev–Trinajstić information content (AvgIpc) is 3.06. The Labute approximate surface area is 183 Å². The lowest BCUT2D eigenvalue weighted by Crippen LogP contribution is -2.52. The number of rotatable bonds is 4. The molecule has 32 heavy (non-hydrogen) atoms. The van der Waals surface area contributed by atoms with Crippen LogP contribution >= 0.6 is 0 Å². The highest BCUT2D eigenvalue weighted by atomic mass is 19.1. The second-order valence-corrected chi connectivity index (χ2v) is 8.36. The molecule has 0 radical (unpaired) electrons. The van der Waals surface area contributed by atoms with Crippen molar-refractivity contribution in [2.45, 2.75) is 43.6 Å². The number of alkyl halides is 1. The number of benzene rings is 1. The third-order valence-electron chi connectivity index (χ3n) is 6.42. The minimum Gasteiger partial charge on any atom is -0.507 e. The lowest BCUT2D eigenvalue weighted by Gasteiger charge is -2.38. The van der Waals surface area contributed by atoms with Gasteiger partial charge in [-0.3, -0.25) is 9.47 Å². The molecule has 2 fully saturated rings. The molecule has 0 spiro atoms. The molecule has 3 aromatic rings. The number of hydrogen-bond donors (Lipinski definition) is 1. The Kier molecular flexibility index (Phi) is 5.09. The van der Waals surface area contributed by atoms with Crippen molar-refractivity contribution < 1.29 is 14.2 Å². The van der Waals surface area contributed by atoms with E-state index >= 15 is 0 Å². The number of nitrogens with zero attached hydrogens (tertiary/aromatic N) is 6. The fourth-order valence-corrected chi connectivity index (χ4v) is 4.57. The summed E-state index contributed by atoms with van der Waals surface area (Å²) >= 11 is 0. The van der Waals surface area contributed by atoms with Crippen molar-refractivity contribution in [3.63, 3.8) is 0 Å². The first-order valence-electron chi connectivity index (χ1n) is 10.5. The molecule has 2 aromatic heterocycles. The van der Waals surface area contributed by atoms with Crippen LogP contribution in [0.25, 0.3) is 22.6 Å². The van der Waals surface area contributed by atoms with Crippen molar-refractivity contribution in [3.05, 3.63) is 47.1 Å². The molecule has 2 aliphatic heterocycles. The van der Waals surface area contributed by atoms with E-state index in [2.05, 4.69) is 25.1 Å². The molecule has 5 rings (SSSR count). The molecule has 0 saturated carbocycles. The van der Waals surface area contributed by atoms with Gasteiger partial charge in [0.15, 0.2) is 12.0 Å². The highest BCUT2D eigenvalue weighted by Gasteiger charge is 2.47. The van der Waals surface area contributed by atoms with E-state index in [1.807, 2.05) is 7.05 Å². The molecule has 0 amide bonds. The normalized spacial score (nSPS) is 25.1. The van der Waals surface area contributed by atoms with Crippen molar-refractivity contribution in [2.75, 3.05) is 7.05 Å². The van der Waals surface area contributed by atoms with Gasteiger partial charge in [0.2, 0.25) is 5.88 Å². The second-order valence-electron chi connectivity index (χ2n) is 8.36. The van der Waals surface area contributed by atoms with Crippen LogP contribution in [-0.4, -0.2) is 66.1 Å². The Bertz CT molecular complexity index is 1200. The fraction of sp³-hybridized carbons (Fsp3) is 0.409. The Morgan fingerprint density at radius 3 is 2.72 bits per heavy atom. The number of aryl methyl sites for hydroxylation is 1. The zero-order valence-corrected chi connectivity index (χ0v) is 17.7. The van der Waals surface area contributed by atoms with Gasteiger partial charge in [0.05, 0.1) is 5.69 Å². The molecule has 4 atom stereocenters. The molecule has 1 N–H and O–H groups in total. The van der Waals surface area contributed by atoms with E-state index in [-0.39, 0.29) is 23.5 Å². The zero-order valence-electron chi connectivity index (χ0n) is 17.7. The molecule has 166 valence electrons. The van der Waals surface area contributed by atoms with Crippen molar-refractivity contribution in [1.29, 1.82) is 0 Å². The van der Waals surface area contributed by atoms with Crippen LogP contribution in [0.15, 0.2) is 41.5 Å². The average molecular weight is 438 g/mol. The number of aromatic hydroxyl groups is 1. The number of ether oxygens (including phenoxy) is 1. The van der Waals surface area contributed by atoms with Gasteiger partial charge in [-0.05, 0) is 38.1 Å². The molecule has 10 heteroatoms. The Balaban J connectivity index is 1.33. The first-order valence-corrected chi connectivity index (χ1v) is 10.5. The minimum absolute atomic E-state index is 0.0505. The van der Waals surface area contributed by atoms with Crippen LogP contribution in [0.2, 0.25) is 0 Å². The third kappa shape index (κ3) is 3.60. The highest BCUT2D eigenvalue weighted by molar-refractivity contribution is 5.71. The number of piperidine rings is 1. The summed E-state index contributed by atoms with van der Waals surface area (Å²) in [5.41, 5.74) is 0.958. The largest absolute Gasteiger partial charge is 0.507 e. The van der Waals surface area contributed by atoms with Crippen LogP contribution in [-0.2, 0) is 7.05 Å². The van der Waals surface area contributed by atoms with E-state index in [1.165, 1.54) is 17.0 Å². The molecular weight excluding hydrogens is 415 g/mol. The molecule has 2 bridgehead atoms. The van der Waals surface area contributed by atoms with Crippen molar-refractivity contribution in [3.8, 4) is 34.3 Å². The number of hydrogen-bond acceptors (Lipinski definition) is 8. The summed E-state index contributed by atoms with van der Waals surface area (Å²) in [7, 11) is 3.53. The first kappa shape index (κ1) is 20.5. The molecule has 0 unspecified atom stereocenters. The topological polar surface area (TPSA) is 106 Å². The molecule has 4 heterocycles. The number of phenolic OH excluding ortho intramolecular Hbond substituents is 1. The smallest absolute Gasteiger partial charge is 0.350 e. The van der Waals surface area contributed by atoms with Crippen molar-refractivity contribution in [1.82, 2.24) is 29.6 Å². The van der Waals surface area contributed by atoms with Gasteiger partial charge in [-0.25, -0.2) is 14.2 Å². The SMILES string of the molecule is CN1[C@H]2CC[C@@H]1[C@@H](F)[C@@H](Oc1ccc(-c3ccc(-c4ncn(C)c(=O)n4)cc3O)nn1)C2. The summed E-state index contributed by atoms with van der Waals surface area (Å²) in [6.45, 7) is 0. The van der Waals surface area contributed by atoms with Crippen LogP contribution in [0, 0.1) is 0 Å². The molecule has 0 aliphatic carbocycles. The number of phenols is 1. The van der Waals surface area contributed by atoms with E-state index in [4.69, 9.17) is 4.74 Å². The highest BCUT2D eigenvalue weighted by Crippen LogP contribution is 2.38. The van der Waals surface area contributed by atoms with Crippen LogP contribution in [0.4, 0.5) is 4.39 Å². The Morgan fingerprint density at radius 2 is 2.00 bits per heavy atom. The molecule has 2 saturated heterocycles. The second kappa shape index (κ2) is 7.94. The van der Waals surface area contributed by atoms with Gasteiger partial charge in [-0.15, -0.1) is 10.2 Å². The summed E-state index contributed by atoms with van der Waals surface area (Å²) in [5, 5.41) is 18.7. The first-order chi connectivity index (χ1) is 15.4. The number of halogens is 1. The summed E-state index contributed by atoms with van der Waals surface area (Å²) in [5.74, 6) is 0.429. The number of aromatic nitrogens is 5. The number of fused-ring (bicyclic) bond motifs is 2. The summed E-state index contributed by atoms with van der Waals surface area (Å²) < 4.78 is 21.9.